The molecule has 0 saturated heterocycles. The lowest BCUT2D eigenvalue weighted by Crippen LogP contribution is -2.41. The van der Waals surface area contributed by atoms with Crippen molar-refractivity contribution in [3.63, 3.8) is 0 Å². The van der Waals surface area contributed by atoms with Crippen LogP contribution in [0.1, 0.15) is 46.5 Å². The van der Waals surface area contributed by atoms with Crippen LogP contribution in [0, 0.1) is 11.8 Å². The van der Waals surface area contributed by atoms with Gasteiger partial charge in [0.1, 0.15) is 0 Å². The number of hydrogen-bond donors (Lipinski definition) is 2. The van der Waals surface area contributed by atoms with Crippen molar-refractivity contribution in [3.05, 3.63) is 0 Å². The van der Waals surface area contributed by atoms with Crippen molar-refractivity contribution < 1.29 is 4.79 Å². The van der Waals surface area contributed by atoms with Crippen LogP contribution in [0.2, 0.25) is 0 Å². The average molecular weight is 226 g/mol. The fourth-order valence-corrected chi connectivity index (χ4v) is 2.66. The molecule has 2 N–H and O–H groups in total. The van der Waals surface area contributed by atoms with Crippen molar-refractivity contribution in [2.24, 2.45) is 11.8 Å². The van der Waals surface area contributed by atoms with Gasteiger partial charge in [0.05, 0.1) is 6.54 Å². The molecule has 0 aliphatic heterocycles. The van der Waals surface area contributed by atoms with Crippen LogP contribution in [0.3, 0.4) is 0 Å². The van der Waals surface area contributed by atoms with Crippen molar-refractivity contribution in [2.75, 3.05) is 13.1 Å². The highest BCUT2D eigenvalue weighted by molar-refractivity contribution is 5.77. The maximum Gasteiger partial charge on any atom is 0.233 e. The second-order valence-electron chi connectivity index (χ2n) is 4.94. The maximum absolute atomic E-state index is 11.4. The predicted octanol–water partition coefficient (Wildman–Crippen LogP) is 1.93. The molecular weight excluding hydrogens is 200 g/mol. The number of carbonyl (C=O) groups is 1. The van der Waals surface area contributed by atoms with Gasteiger partial charge in [-0.3, -0.25) is 4.79 Å². The van der Waals surface area contributed by atoms with Gasteiger partial charge in [-0.25, -0.2) is 0 Å². The fourth-order valence-electron chi connectivity index (χ4n) is 2.66. The lowest BCUT2D eigenvalue weighted by Gasteiger charge is -2.20. The highest BCUT2D eigenvalue weighted by Gasteiger charge is 2.31. The highest BCUT2D eigenvalue weighted by atomic mass is 16.1. The van der Waals surface area contributed by atoms with E-state index in [1.54, 1.807) is 0 Å². The molecule has 0 bridgehead atoms. The predicted molar refractivity (Wildman–Crippen MR) is 67.3 cm³/mol. The SMILES string of the molecule is CCCNC(=O)CNC1CCC(CC)C1C. The molecule has 0 aromatic rings. The Hall–Kier alpha value is -0.570. The molecule has 3 nitrogen and oxygen atoms in total. The Balaban J connectivity index is 2.20. The number of rotatable bonds is 6. The minimum absolute atomic E-state index is 0.133. The Morgan fingerprint density at radius 1 is 1.31 bits per heavy atom. The van der Waals surface area contributed by atoms with Crippen LogP contribution in [0.25, 0.3) is 0 Å². The molecule has 1 rings (SSSR count). The molecule has 3 heteroatoms. The molecule has 0 aromatic heterocycles. The summed E-state index contributed by atoms with van der Waals surface area (Å²) in [5.41, 5.74) is 0. The third-order valence-corrected chi connectivity index (χ3v) is 3.85. The van der Waals surface area contributed by atoms with E-state index in [2.05, 4.69) is 31.4 Å². The minimum atomic E-state index is 0.133. The van der Waals surface area contributed by atoms with Gasteiger partial charge in [-0.1, -0.05) is 27.2 Å². The second-order valence-corrected chi connectivity index (χ2v) is 4.94. The number of amides is 1. The van der Waals surface area contributed by atoms with Crippen LogP contribution >= 0.6 is 0 Å². The van der Waals surface area contributed by atoms with Gasteiger partial charge in [0.25, 0.3) is 0 Å². The second kappa shape index (κ2) is 6.89. The molecule has 3 atom stereocenters. The van der Waals surface area contributed by atoms with Crippen molar-refractivity contribution in [1.29, 1.82) is 0 Å². The minimum Gasteiger partial charge on any atom is -0.355 e. The molecular formula is C13H26N2O. The monoisotopic (exact) mass is 226 g/mol. The van der Waals surface area contributed by atoms with Crippen molar-refractivity contribution in [2.45, 2.75) is 52.5 Å². The van der Waals surface area contributed by atoms with Crippen LogP contribution in [0.15, 0.2) is 0 Å². The van der Waals surface area contributed by atoms with E-state index in [1.165, 1.54) is 19.3 Å². The van der Waals surface area contributed by atoms with Crippen LogP contribution in [-0.2, 0) is 4.79 Å². The third-order valence-electron chi connectivity index (χ3n) is 3.85. The van der Waals surface area contributed by atoms with E-state index in [0.717, 1.165) is 18.9 Å². The average Bonchev–Trinajstić information content (AvgIpc) is 2.64. The zero-order chi connectivity index (χ0) is 12.0. The molecule has 1 saturated carbocycles. The lowest BCUT2D eigenvalue weighted by atomic mass is 9.93. The molecule has 1 amide bonds. The van der Waals surface area contributed by atoms with Gasteiger partial charge in [-0.15, -0.1) is 0 Å². The third kappa shape index (κ3) is 3.78. The molecule has 1 aliphatic carbocycles. The lowest BCUT2D eigenvalue weighted by molar-refractivity contribution is -0.120. The first-order valence-electron chi connectivity index (χ1n) is 6.69. The first kappa shape index (κ1) is 13.5. The molecule has 0 radical (unpaired) electrons. The van der Waals surface area contributed by atoms with E-state index >= 15 is 0 Å². The van der Waals surface area contributed by atoms with Crippen LogP contribution < -0.4 is 10.6 Å². The van der Waals surface area contributed by atoms with Crippen LogP contribution in [0.4, 0.5) is 0 Å². The van der Waals surface area contributed by atoms with Gasteiger partial charge in [-0.2, -0.15) is 0 Å². The Labute approximate surface area is 99.4 Å². The van der Waals surface area contributed by atoms with Gasteiger partial charge < -0.3 is 10.6 Å². The molecule has 1 aliphatic rings. The van der Waals surface area contributed by atoms with Gasteiger partial charge in [0.2, 0.25) is 5.91 Å². The quantitative estimate of drug-likeness (QED) is 0.726. The van der Waals surface area contributed by atoms with Crippen LogP contribution in [-0.4, -0.2) is 25.0 Å². The summed E-state index contributed by atoms with van der Waals surface area (Å²) in [6.45, 7) is 7.91. The summed E-state index contributed by atoms with van der Waals surface area (Å²) < 4.78 is 0. The zero-order valence-electron chi connectivity index (χ0n) is 10.9. The first-order valence-corrected chi connectivity index (χ1v) is 6.69. The Kier molecular flexibility index (Phi) is 5.81. The summed E-state index contributed by atoms with van der Waals surface area (Å²) in [5, 5.41) is 6.29. The van der Waals surface area contributed by atoms with Crippen LogP contribution in [0.5, 0.6) is 0 Å². The topological polar surface area (TPSA) is 41.1 Å². The van der Waals surface area contributed by atoms with E-state index in [-0.39, 0.29) is 5.91 Å². The smallest absolute Gasteiger partial charge is 0.233 e. The number of hydrogen-bond acceptors (Lipinski definition) is 2. The summed E-state index contributed by atoms with van der Waals surface area (Å²) in [6, 6.07) is 0.539. The molecule has 1 fully saturated rings. The molecule has 16 heavy (non-hydrogen) atoms. The highest BCUT2D eigenvalue weighted by Crippen LogP contribution is 2.33. The molecule has 0 spiro atoms. The largest absolute Gasteiger partial charge is 0.355 e. The zero-order valence-corrected chi connectivity index (χ0v) is 10.9. The summed E-state index contributed by atoms with van der Waals surface area (Å²) in [4.78, 5) is 11.4. The van der Waals surface area contributed by atoms with Gasteiger partial charge in [-0.05, 0) is 31.1 Å². The fraction of sp³-hybridized carbons (Fsp3) is 0.923. The molecule has 94 valence electrons. The van der Waals surface area contributed by atoms with E-state index in [1.807, 2.05) is 0 Å². The number of nitrogens with one attached hydrogen (secondary N) is 2. The number of carbonyl (C=O) groups excluding carboxylic acids is 1. The Morgan fingerprint density at radius 2 is 2.06 bits per heavy atom. The van der Waals surface area contributed by atoms with Gasteiger partial charge in [0, 0.05) is 12.6 Å². The van der Waals surface area contributed by atoms with Crippen molar-refractivity contribution in [3.8, 4) is 0 Å². The summed E-state index contributed by atoms with van der Waals surface area (Å²) in [6.07, 6.45) is 4.80. The van der Waals surface area contributed by atoms with E-state index in [4.69, 9.17) is 0 Å². The van der Waals surface area contributed by atoms with E-state index < -0.39 is 0 Å². The molecule has 0 aromatic carbocycles. The Morgan fingerprint density at radius 3 is 2.62 bits per heavy atom. The first-order chi connectivity index (χ1) is 7.69. The van der Waals surface area contributed by atoms with E-state index in [0.29, 0.717) is 18.5 Å². The Bertz CT molecular complexity index is 218. The molecule has 3 unspecified atom stereocenters. The standard InChI is InChI=1S/C13H26N2O/c1-4-8-14-13(16)9-15-12-7-6-11(5-2)10(12)3/h10-12,15H,4-9H2,1-3H3,(H,14,16). The molecule has 0 heterocycles. The van der Waals surface area contributed by atoms with E-state index in [9.17, 15) is 4.79 Å². The summed E-state index contributed by atoms with van der Waals surface area (Å²) in [5.74, 6) is 1.69. The van der Waals surface area contributed by atoms with Gasteiger partial charge in [0.15, 0.2) is 0 Å². The summed E-state index contributed by atoms with van der Waals surface area (Å²) >= 11 is 0. The maximum atomic E-state index is 11.4. The van der Waals surface area contributed by atoms with Crippen molar-refractivity contribution in [1.82, 2.24) is 10.6 Å². The summed E-state index contributed by atoms with van der Waals surface area (Å²) in [7, 11) is 0. The normalized spacial score (nSPS) is 29.3. The van der Waals surface area contributed by atoms with Crippen molar-refractivity contribution >= 4 is 5.91 Å². The van der Waals surface area contributed by atoms with Gasteiger partial charge >= 0.3 is 0 Å².